The van der Waals surface area contributed by atoms with Gasteiger partial charge in [-0.1, -0.05) is 29.8 Å². The van der Waals surface area contributed by atoms with Gasteiger partial charge in [0.05, 0.1) is 28.0 Å². The van der Waals surface area contributed by atoms with Gasteiger partial charge in [-0.3, -0.25) is 9.78 Å². The molecule has 0 saturated heterocycles. The molecule has 0 aliphatic heterocycles. The Morgan fingerprint density at radius 1 is 1.09 bits per heavy atom. The van der Waals surface area contributed by atoms with E-state index in [1.165, 1.54) is 12.1 Å². The number of benzene rings is 2. The minimum atomic E-state index is -0.671. The molecule has 0 radical (unpaired) electrons. The smallest absolute Gasteiger partial charge is 0.339 e. The molecule has 0 unspecified atom stereocenters. The fourth-order valence-electron chi connectivity index (χ4n) is 3.12. The van der Waals surface area contributed by atoms with Crippen LogP contribution in [0.15, 0.2) is 73.1 Å². The van der Waals surface area contributed by atoms with Crippen LogP contribution in [0.25, 0.3) is 22.2 Å². The number of halogens is 1. The molecule has 156 valence electrons. The van der Waals surface area contributed by atoms with E-state index in [1.54, 1.807) is 48.8 Å². The molecule has 4 aromatic rings. The van der Waals surface area contributed by atoms with Crippen molar-refractivity contribution in [3.63, 3.8) is 0 Å². The maximum Gasteiger partial charge on any atom is 0.339 e. The number of nitrogens with one attached hydrogen (secondary N) is 1. The third-order valence-corrected chi connectivity index (χ3v) is 4.84. The van der Waals surface area contributed by atoms with Gasteiger partial charge in [0.15, 0.2) is 6.61 Å². The van der Waals surface area contributed by atoms with E-state index in [4.69, 9.17) is 21.6 Å². The monoisotopic (exact) mass is 442 g/mol. The molecule has 2 aromatic carbocycles. The fraction of sp³-hybridized carbons (Fsp3) is 0.0417. The zero-order chi connectivity index (χ0) is 22.5. The lowest BCUT2D eigenvalue weighted by Crippen LogP contribution is -2.21. The summed E-state index contributed by atoms with van der Waals surface area (Å²) < 4.78 is 5.25. The number of ether oxygens (including phenoxy) is 1. The molecule has 0 atom stereocenters. The number of hydrogen-bond acceptors (Lipinski definition) is 6. The number of anilines is 1. The molecule has 8 heteroatoms. The van der Waals surface area contributed by atoms with Crippen LogP contribution in [0.5, 0.6) is 0 Å². The predicted octanol–water partition coefficient (Wildman–Crippen LogP) is 4.62. The van der Waals surface area contributed by atoms with Crippen LogP contribution >= 0.6 is 11.6 Å². The van der Waals surface area contributed by atoms with Gasteiger partial charge in [0.2, 0.25) is 0 Å². The quantitative estimate of drug-likeness (QED) is 0.452. The second-order valence-electron chi connectivity index (χ2n) is 6.74. The van der Waals surface area contributed by atoms with Crippen LogP contribution in [0.2, 0.25) is 5.02 Å². The van der Waals surface area contributed by atoms with Gasteiger partial charge in [-0.25, -0.2) is 9.78 Å². The minimum absolute atomic E-state index is 0.245. The lowest BCUT2D eigenvalue weighted by Gasteiger charge is -2.11. The molecule has 0 aliphatic carbocycles. The second-order valence-corrected chi connectivity index (χ2v) is 7.18. The van der Waals surface area contributed by atoms with Crippen LogP contribution in [-0.2, 0) is 9.53 Å². The zero-order valence-electron chi connectivity index (χ0n) is 16.6. The first-order valence-electron chi connectivity index (χ1n) is 9.52. The van der Waals surface area contributed by atoms with Crippen molar-refractivity contribution in [3.05, 3.63) is 89.2 Å². The summed E-state index contributed by atoms with van der Waals surface area (Å²) in [5.74, 6) is -1.27. The summed E-state index contributed by atoms with van der Waals surface area (Å²) in [5, 5.41) is 12.7. The number of pyridine rings is 2. The Morgan fingerprint density at radius 2 is 1.94 bits per heavy atom. The van der Waals surface area contributed by atoms with E-state index in [9.17, 15) is 9.59 Å². The highest BCUT2D eigenvalue weighted by Crippen LogP contribution is 2.25. The van der Waals surface area contributed by atoms with Crippen molar-refractivity contribution in [2.45, 2.75) is 0 Å². The van der Waals surface area contributed by atoms with Crippen LogP contribution in [0, 0.1) is 11.3 Å². The fourth-order valence-corrected chi connectivity index (χ4v) is 3.29. The Morgan fingerprint density at radius 3 is 2.72 bits per heavy atom. The van der Waals surface area contributed by atoms with E-state index in [0.29, 0.717) is 21.6 Å². The first kappa shape index (κ1) is 21.0. The molecular formula is C24H15ClN4O3. The van der Waals surface area contributed by atoms with Crippen LogP contribution in [0.1, 0.15) is 15.9 Å². The standard InChI is InChI=1S/C24H15ClN4O3/c25-17-8-7-15(12-26)21(10-17)29-23(30)14-32-24(31)19-11-22(16-4-3-9-27-13-16)28-20-6-2-1-5-18(19)20/h1-11,13H,14H2,(H,29,30). The Bertz CT molecular complexity index is 1370. The van der Waals surface area contributed by atoms with Crippen LogP contribution in [0.4, 0.5) is 5.69 Å². The highest BCUT2D eigenvalue weighted by molar-refractivity contribution is 6.31. The van der Waals surface area contributed by atoms with Gasteiger partial charge < -0.3 is 10.1 Å². The molecule has 2 aromatic heterocycles. The van der Waals surface area contributed by atoms with Crippen LogP contribution in [-0.4, -0.2) is 28.5 Å². The minimum Gasteiger partial charge on any atom is -0.452 e. The van der Waals surface area contributed by atoms with Crippen molar-refractivity contribution in [1.82, 2.24) is 9.97 Å². The average Bonchev–Trinajstić information content (AvgIpc) is 2.82. The summed E-state index contributed by atoms with van der Waals surface area (Å²) in [6.45, 7) is -0.533. The predicted molar refractivity (Wildman–Crippen MR) is 120 cm³/mol. The number of fused-ring (bicyclic) bond motifs is 1. The number of hydrogen-bond donors (Lipinski definition) is 1. The number of nitrogens with zero attached hydrogens (tertiary/aromatic N) is 3. The molecule has 0 saturated carbocycles. The number of para-hydroxylation sites is 1. The highest BCUT2D eigenvalue weighted by atomic mass is 35.5. The van der Waals surface area contributed by atoms with Crippen molar-refractivity contribution in [2.24, 2.45) is 0 Å². The van der Waals surface area contributed by atoms with Crippen molar-refractivity contribution < 1.29 is 14.3 Å². The maximum absolute atomic E-state index is 12.9. The van der Waals surface area contributed by atoms with Crippen molar-refractivity contribution in [3.8, 4) is 17.3 Å². The Labute approximate surface area is 188 Å². The van der Waals surface area contributed by atoms with E-state index in [0.717, 1.165) is 5.56 Å². The number of carbonyl (C=O) groups is 2. The first-order valence-corrected chi connectivity index (χ1v) is 9.90. The highest BCUT2D eigenvalue weighted by Gasteiger charge is 2.17. The lowest BCUT2D eigenvalue weighted by molar-refractivity contribution is -0.119. The van der Waals surface area contributed by atoms with Gasteiger partial charge in [0.1, 0.15) is 6.07 Å². The largest absolute Gasteiger partial charge is 0.452 e. The normalized spacial score (nSPS) is 10.4. The number of nitriles is 1. The summed E-state index contributed by atoms with van der Waals surface area (Å²) in [4.78, 5) is 33.9. The Hall–Kier alpha value is -4.28. The molecule has 0 bridgehead atoms. The molecule has 1 amide bonds. The molecule has 7 nitrogen and oxygen atoms in total. The van der Waals surface area contributed by atoms with Crippen molar-refractivity contribution in [1.29, 1.82) is 5.26 Å². The lowest BCUT2D eigenvalue weighted by atomic mass is 10.1. The summed E-state index contributed by atoms with van der Waals surface area (Å²) >= 11 is 5.93. The van der Waals surface area contributed by atoms with Crippen molar-refractivity contribution >= 4 is 40.1 Å². The number of esters is 1. The van der Waals surface area contributed by atoms with Gasteiger partial charge in [0, 0.05) is 28.4 Å². The number of carbonyl (C=O) groups excluding carboxylic acids is 2. The van der Waals surface area contributed by atoms with Gasteiger partial charge in [-0.05, 0) is 42.5 Å². The maximum atomic E-state index is 12.9. The molecule has 1 N–H and O–H groups in total. The van der Waals surface area contributed by atoms with Gasteiger partial charge in [0.25, 0.3) is 5.91 Å². The van der Waals surface area contributed by atoms with E-state index in [1.807, 2.05) is 18.2 Å². The van der Waals surface area contributed by atoms with Gasteiger partial charge in [-0.15, -0.1) is 0 Å². The van der Waals surface area contributed by atoms with E-state index < -0.39 is 18.5 Å². The zero-order valence-corrected chi connectivity index (χ0v) is 17.3. The molecule has 32 heavy (non-hydrogen) atoms. The third kappa shape index (κ3) is 4.56. The summed E-state index contributed by atoms with van der Waals surface area (Å²) in [6.07, 6.45) is 3.30. The molecular weight excluding hydrogens is 428 g/mol. The Balaban J connectivity index is 1.56. The molecule has 0 fully saturated rings. The number of rotatable bonds is 5. The van der Waals surface area contributed by atoms with Gasteiger partial charge in [-0.2, -0.15) is 5.26 Å². The summed E-state index contributed by atoms with van der Waals surface area (Å²) in [5.41, 5.74) is 2.69. The van der Waals surface area contributed by atoms with Crippen molar-refractivity contribution in [2.75, 3.05) is 11.9 Å². The van der Waals surface area contributed by atoms with E-state index in [2.05, 4.69) is 15.3 Å². The SMILES string of the molecule is N#Cc1ccc(Cl)cc1NC(=O)COC(=O)c1cc(-c2cccnc2)nc2ccccc12. The molecule has 0 spiro atoms. The third-order valence-electron chi connectivity index (χ3n) is 4.60. The number of aromatic nitrogens is 2. The summed E-state index contributed by atoms with van der Waals surface area (Å²) in [7, 11) is 0. The number of amides is 1. The summed E-state index contributed by atoms with van der Waals surface area (Å²) in [6, 6.07) is 18.9. The molecule has 4 rings (SSSR count). The van der Waals surface area contributed by atoms with Crippen LogP contribution < -0.4 is 5.32 Å². The van der Waals surface area contributed by atoms with Crippen LogP contribution in [0.3, 0.4) is 0 Å². The topological polar surface area (TPSA) is 105 Å². The molecule has 0 aliphatic rings. The van der Waals surface area contributed by atoms with Gasteiger partial charge >= 0.3 is 5.97 Å². The second kappa shape index (κ2) is 9.25. The van der Waals surface area contributed by atoms with E-state index in [-0.39, 0.29) is 16.8 Å². The molecule has 2 heterocycles. The average molecular weight is 443 g/mol. The van der Waals surface area contributed by atoms with E-state index >= 15 is 0 Å². The Kier molecular flexibility index (Phi) is 6.06. The first-order chi connectivity index (χ1) is 15.5.